The van der Waals surface area contributed by atoms with Crippen molar-refractivity contribution in [2.45, 2.75) is 26.7 Å². The van der Waals surface area contributed by atoms with E-state index in [-0.39, 0.29) is 18.7 Å². The minimum atomic E-state index is -0.430. The van der Waals surface area contributed by atoms with Crippen LogP contribution in [-0.4, -0.2) is 17.7 Å². The zero-order valence-electron chi connectivity index (χ0n) is 14.6. The van der Waals surface area contributed by atoms with Gasteiger partial charge in [-0.1, -0.05) is 18.2 Å². The average molecular weight is 465 g/mol. The van der Waals surface area contributed by atoms with E-state index in [1.807, 2.05) is 38.1 Å². The van der Waals surface area contributed by atoms with E-state index in [0.29, 0.717) is 5.56 Å². The van der Waals surface area contributed by atoms with Crippen LogP contribution in [0.15, 0.2) is 42.5 Å². The van der Waals surface area contributed by atoms with Crippen molar-refractivity contribution in [1.82, 2.24) is 10.9 Å². The molecule has 0 aromatic heterocycles. The largest absolute Gasteiger partial charge is 0.326 e. The highest BCUT2D eigenvalue weighted by Crippen LogP contribution is 2.16. The molecule has 2 rings (SSSR count). The first kappa shape index (κ1) is 19.9. The Hall–Kier alpha value is -2.42. The normalized spacial score (nSPS) is 10.1. The van der Waals surface area contributed by atoms with E-state index in [1.165, 1.54) is 0 Å². The third kappa shape index (κ3) is 6.14. The standard InChI is InChI=1S/C19H20IN3O3/c1-12-6-7-13(2)16(10-12)21-17(24)8-9-18(25)22-23-19(26)14-4-3-5-15(20)11-14/h3-7,10-11H,8-9H2,1-2H3,(H,21,24)(H,22,25)(H,23,26). The number of hydrogen-bond donors (Lipinski definition) is 3. The van der Waals surface area contributed by atoms with Crippen LogP contribution in [0.4, 0.5) is 5.69 Å². The van der Waals surface area contributed by atoms with Gasteiger partial charge in [-0.15, -0.1) is 0 Å². The van der Waals surface area contributed by atoms with E-state index in [2.05, 4.69) is 38.8 Å². The van der Waals surface area contributed by atoms with Gasteiger partial charge in [-0.25, -0.2) is 0 Å². The summed E-state index contributed by atoms with van der Waals surface area (Å²) in [5, 5.41) is 2.80. The average Bonchev–Trinajstić information content (AvgIpc) is 2.61. The summed E-state index contributed by atoms with van der Waals surface area (Å²) in [4.78, 5) is 35.8. The minimum Gasteiger partial charge on any atom is -0.326 e. The van der Waals surface area contributed by atoms with Gasteiger partial charge in [0, 0.05) is 27.7 Å². The van der Waals surface area contributed by atoms with Crippen molar-refractivity contribution in [3.8, 4) is 0 Å². The number of carbonyl (C=O) groups is 3. The van der Waals surface area contributed by atoms with Gasteiger partial charge in [0.25, 0.3) is 5.91 Å². The molecule has 0 aliphatic rings. The van der Waals surface area contributed by atoms with Gasteiger partial charge in [0.1, 0.15) is 0 Å². The zero-order valence-corrected chi connectivity index (χ0v) is 16.7. The van der Waals surface area contributed by atoms with Crippen molar-refractivity contribution in [2.75, 3.05) is 5.32 Å². The summed E-state index contributed by atoms with van der Waals surface area (Å²) in [6.45, 7) is 3.85. The molecule has 0 bridgehead atoms. The maximum absolute atomic E-state index is 12.0. The molecular formula is C19H20IN3O3. The second-order valence-electron chi connectivity index (χ2n) is 5.88. The van der Waals surface area contributed by atoms with Gasteiger partial charge in [-0.2, -0.15) is 0 Å². The number of halogens is 1. The highest BCUT2D eigenvalue weighted by atomic mass is 127. The molecule has 7 heteroatoms. The lowest BCUT2D eigenvalue weighted by Gasteiger charge is -2.10. The van der Waals surface area contributed by atoms with Gasteiger partial charge in [0.2, 0.25) is 11.8 Å². The Morgan fingerprint density at radius 3 is 2.38 bits per heavy atom. The van der Waals surface area contributed by atoms with Gasteiger partial charge >= 0.3 is 0 Å². The van der Waals surface area contributed by atoms with E-state index in [9.17, 15) is 14.4 Å². The first-order chi connectivity index (χ1) is 12.3. The van der Waals surface area contributed by atoms with Crippen LogP contribution in [0.3, 0.4) is 0 Å². The lowest BCUT2D eigenvalue weighted by atomic mass is 10.1. The Morgan fingerprint density at radius 1 is 0.923 bits per heavy atom. The fourth-order valence-electron chi connectivity index (χ4n) is 2.20. The molecule has 2 aromatic rings. The van der Waals surface area contributed by atoms with Crippen LogP contribution >= 0.6 is 22.6 Å². The number of hydrazine groups is 1. The topological polar surface area (TPSA) is 87.3 Å². The van der Waals surface area contributed by atoms with Crippen molar-refractivity contribution >= 4 is 46.0 Å². The number of benzene rings is 2. The lowest BCUT2D eigenvalue weighted by Crippen LogP contribution is -2.41. The molecule has 0 spiro atoms. The Labute approximate surface area is 165 Å². The van der Waals surface area contributed by atoms with Gasteiger partial charge in [0.05, 0.1) is 0 Å². The first-order valence-electron chi connectivity index (χ1n) is 8.07. The Morgan fingerprint density at radius 2 is 1.65 bits per heavy atom. The quantitative estimate of drug-likeness (QED) is 0.469. The summed E-state index contributed by atoms with van der Waals surface area (Å²) in [5.74, 6) is -1.09. The molecule has 3 amide bonds. The van der Waals surface area contributed by atoms with Crippen LogP contribution in [0.5, 0.6) is 0 Å². The van der Waals surface area contributed by atoms with Crippen molar-refractivity contribution in [2.24, 2.45) is 0 Å². The molecule has 136 valence electrons. The Bertz CT molecular complexity index is 837. The van der Waals surface area contributed by atoms with Gasteiger partial charge in [-0.3, -0.25) is 25.2 Å². The smallest absolute Gasteiger partial charge is 0.269 e. The number of anilines is 1. The van der Waals surface area contributed by atoms with Crippen molar-refractivity contribution in [1.29, 1.82) is 0 Å². The van der Waals surface area contributed by atoms with Crippen LogP contribution in [-0.2, 0) is 9.59 Å². The second kappa shape index (κ2) is 9.33. The predicted molar refractivity (Wildman–Crippen MR) is 109 cm³/mol. The third-order valence-corrected chi connectivity index (χ3v) is 4.32. The van der Waals surface area contributed by atoms with Crippen LogP contribution in [0.25, 0.3) is 0 Å². The third-order valence-electron chi connectivity index (χ3n) is 3.65. The molecule has 0 aliphatic heterocycles. The van der Waals surface area contributed by atoms with Crippen LogP contribution in [0, 0.1) is 17.4 Å². The van der Waals surface area contributed by atoms with E-state index >= 15 is 0 Å². The van der Waals surface area contributed by atoms with E-state index in [4.69, 9.17) is 0 Å². The highest BCUT2D eigenvalue weighted by molar-refractivity contribution is 14.1. The molecular weight excluding hydrogens is 445 g/mol. The van der Waals surface area contributed by atoms with Crippen molar-refractivity contribution in [3.05, 3.63) is 62.7 Å². The molecule has 0 saturated heterocycles. The molecule has 3 N–H and O–H groups in total. The monoisotopic (exact) mass is 465 g/mol. The number of carbonyl (C=O) groups excluding carboxylic acids is 3. The maximum Gasteiger partial charge on any atom is 0.269 e. The molecule has 26 heavy (non-hydrogen) atoms. The number of aryl methyl sites for hydroxylation is 2. The molecule has 0 atom stereocenters. The molecule has 0 saturated carbocycles. The predicted octanol–water partition coefficient (Wildman–Crippen LogP) is 3.09. The van der Waals surface area contributed by atoms with Gasteiger partial charge in [0.15, 0.2) is 0 Å². The Balaban J connectivity index is 1.77. The number of hydrogen-bond acceptors (Lipinski definition) is 3. The zero-order chi connectivity index (χ0) is 19.1. The number of amides is 3. The van der Waals surface area contributed by atoms with Crippen LogP contribution in [0.1, 0.15) is 34.3 Å². The molecule has 0 unspecified atom stereocenters. The number of rotatable bonds is 5. The van der Waals surface area contributed by atoms with Crippen molar-refractivity contribution < 1.29 is 14.4 Å². The van der Waals surface area contributed by atoms with Gasteiger partial charge in [-0.05, 0) is 71.8 Å². The summed E-state index contributed by atoms with van der Waals surface area (Å²) in [5.41, 5.74) is 7.85. The summed E-state index contributed by atoms with van der Waals surface area (Å²) in [6.07, 6.45) is 0.00161. The van der Waals surface area contributed by atoms with Crippen LogP contribution < -0.4 is 16.2 Å². The molecule has 2 aromatic carbocycles. The summed E-state index contributed by atoms with van der Waals surface area (Å²) in [7, 11) is 0. The van der Waals surface area contributed by atoms with E-state index < -0.39 is 11.8 Å². The lowest BCUT2D eigenvalue weighted by molar-refractivity contribution is -0.124. The van der Waals surface area contributed by atoms with E-state index in [1.54, 1.807) is 18.2 Å². The summed E-state index contributed by atoms with van der Waals surface area (Å²) < 4.78 is 0.921. The molecule has 0 radical (unpaired) electrons. The minimum absolute atomic E-state index is 0.0245. The summed E-state index contributed by atoms with van der Waals surface area (Å²) in [6, 6.07) is 12.8. The molecule has 0 aliphatic carbocycles. The maximum atomic E-state index is 12.0. The summed E-state index contributed by atoms with van der Waals surface area (Å²) >= 11 is 2.10. The molecule has 0 fully saturated rings. The molecule has 6 nitrogen and oxygen atoms in total. The van der Waals surface area contributed by atoms with Gasteiger partial charge < -0.3 is 5.32 Å². The van der Waals surface area contributed by atoms with Crippen LogP contribution in [0.2, 0.25) is 0 Å². The first-order valence-corrected chi connectivity index (χ1v) is 9.15. The number of nitrogens with one attached hydrogen (secondary N) is 3. The fourth-order valence-corrected chi connectivity index (χ4v) is 2.74. The Kier molecular flexibility index (Phi) is 7.14. The second-order valence-corrected chi connectivity index (χ2v) is 7.12. The molecule has 0 heterocycles. The van der Waals surface area contributed by atoms with E-state index in [0.717, 1.165) is 20.4 Å². The van der Waals surface area contributed by atoms with Crippen molar-refractivity contribution in [3.63, 3.8) is 0 Å². The SMILES string of the molecule is Cc1ccc(C)c(NC(=O)CCC(=O)NNC(=O)c2cccc(I)c2)c1. The highest BCUT2D eigenvalue weighted by Gasteiger charge is 2.11. The fraction of sp³-hybridized carbons (Fsp3) is 0.211.